The summed E-state index contributed by atoms with van der Waals surface area (Å²) in [5.74, 6) is 1.17. The molecule has 0 radical (unpaired) electrons. The van der Waals surface area contributed by atoms with Gasteiger partial charge < -0.3 is 9.64 Å². The molecule has 1 unspecified atom stereocenters. The Morgan fingerprint density at radius 2 is 2.09 bits per heavy atom. The molecule has 0 aromatic carbocycles. The van der Waals surface area contributed by atoms with Crippen LogP contribution in [0.1, 0.15) is 43.4 Å². The van der Waals surface area contributed by atoms with Crippen LogP contribution < -0.4 is 4.74 Å². The van der Waals surface area contributed by atoms with Crippen LogP contribution >= 0.6 is 0 Å². The third-order valence-corrected chi connectivity index (χ3v) is 5.07. The van der Waals surface area contributed by atoms with Gasteiger partial charge in [-0.2, -0.15) is 0 Å². The van der Waals surface area contributed by atoms with Gasteiger partial charge >= 0.3 is 0 Å². The molecule has 4 rings (SSSR count). The van der Waals surface area contributed by atoms with Crippen molar-refractivity contribution < 1.29 is 9.53 Å². The van der Waals surface area contributed by atoms with Gasteiger partial charge in [0.1, 0.15) is 12.4 Å². The fourth-order valence-corrected chi connectivity index (χ4v) is 3.78. The van der Waals surface area contributed by atoms with Crippen molar-refractivity contribution >= 4 is 12.1 Å². The van der Waals surface area contributed by atoms with Gasteiger partial charge in [-0.15, -0.1) is 0 Å². The highest BCUT2D eigenvalue weighted by Gasteiger charge is 2.33. The van der Waals surface area contributed by atoms with Crippen LogP contribution in [0, 0.1) is 5.92 Å². The molecule has 0 spiro atoms. The molecule has 1 amide bonds. The Labute approximate surface area is 136 Å². The fourth-order valence-electron chi connectivity index (χ4n) is 3.78. The molecular weight excluding hydrogens is 292 g/mol. The van der Waals surface area contributed by atoms with Gasteiger partial charge in [0.25, 0.3) is 0 Å². The van der Waals surface area contributed by atoms with Gasteiger partial charge in [0.05, 0.1) is 17.8 Å². The molecule has 6 heteroatoms. The lowest BCUT2D eigenvalue weighted by Crippen LogP contribution is -2.35. The van der Waals surface area contributed by atoms with Crippen molar-refractivity contribution in [3.63, 3.8) is 0 Å². The summed E-state index contributed by atoms with van der Waals surface area (Å²) in [4.78, 5) is 27.4. The van der Waals surface area contributed by atoms with E-state index in [0.717, 1.165) is 50.0 Å². The SMILES string of the molecule is O=C(C1CCCC1)N1CCC(Oc2ncnc3c2C=NCC3)C1. The lowest BCUT2D eigenvalue weighted by atomic mass is 10.1. The molecule has 2 fully saturated rings. The van der Waals surface area contributed by atoms with E-state index in [0.29, 0.717) is 18.3 Å². The molecule has 3 heterocycles. The monoisotopic (exact) mass is 314 g/mol. The molecule has 122 valence electrons. The topological polar surface area (TPSA) is 67.7 Å². The van der Waals surface area contributed by atoms with Crippen LogP contribution in [0.25, 0.3) is 0 Å². The van der Waals surface area contributed by atoms with E-state index in [1.165, 1.54) is 12.8 Å². The Balaban J connectivity index is 1.41. The smallest absolute Gasteiger partial charge is 0.226 e. The molecule has 1 saturated carbocycles. The summed E-state index contributed by atoms with van der Waals surface area (Å²) in [6.45, 7) is 2.24. The summed E-state index contributed by atoms with van der Waals surface area (Å²) in [7, 11) is 0. The number of amides is 1. The van der Waals surface area contributed by atoms with Crippen molar-refractivity contribution in [2.24, 2.45) is 10.9 Å². The number of carbonyl (C=O) groups excluding carboxylic acids is 1. The largest absolute Gasteiger partial charge is 0.472 e. The van der Waals surface area contributed by atoms with Gasteiger partial charge in [-0.25, -0.2) is 9.97 Å². The summed E-state index contributed by atoms with van der Waals surface area (Å²) >= 11 is 0. The Bertz CT molecular complexity index is 625. The molecule has 0 bridgehead atoms. The van der Waals surface area contributed by atoms with Crippen molar-refractivity contribution in [2.45, 2.75) is 44.6 Å². The van der Waals surface area contributed by atoms with Crippen LogP contribution in [0.3, 0.4) is 0 Å². The van der Waals surface area contributed by atoms with E-state index in [4.69, 9.17) is 4.74 Å². The van der Waals surface area contributed by atoms with Crippen LogP contribution in [0.15, 0.2) is 11.3 Å². The van der Waals surface area contributed by atoms with Gasteiger partial charge in [-0.3, -0.25) is 9.79 Å². The third-order valence-electron chi connectivity index (χ3n) is 5.07. The van der Waals surface area contributed by atoms with Crippen molar-refractivity contribution in [3.8, 4) is 5.88 Å². The highest BCUT2D eigenvalue weighted by molar-refractivity contribution is 5.85. The Kier molecular flexibility index (Phi) is 3.97. The number of hydrogen-bond acceptors (Lipinski definition) is 5. The fraction of sp³-hybridized carbons (Fsp3) is 0.647. The number of hydrogen-bond donors (Lipinski definition) is 0. The number of rotatable bonds is 3. The van der Waals surface area contributed by atoms with Crippen LogP contribution in [0.5, 0.6) is 5.88 Å². The first kappa shape index (κ1) is 14.6. The summed E-state index contributed by atoms with van der Waals surface area (Å²) in [6.07, 6.45) is 9.58. The maximum absolute atomic E-state index is 12.5. The second kappa shape index (κ2) is 6.26. The highest BCUT2D eigenvalue weighted by Crippen LogP contribution is 2.29. The predicted octanol–water partition coefficient (Wildman–Crippen LogP) is 1.62. The van der Waals surface area contributed by atoms with Crippen molar-refractivity contribution in [1.29, 1.82) is 0 Å². The Morgan fingerprint density at radius 3 is 2.96 bits per heavy atom. The van der Waals surface area contributed by atoms with Gasteiger partial charge in [-0.1, -0.05) is 12.8 Å². The van der Waals surface area contributed by atoms with E-state index < -0.39 is 0 Å². The Hall–Kier alpha value is -1.98. The number of carbonyl (C=O) groups is 1. The first-order valence-electron chi connectivity index (χ1n) is 8.60. The zero-order valence-corrected chi connectivity index (χ0v) is 13.3. The molecule has 1 saturated heterocycles. The van der Waals surface area contributed by atoms with E-state index in [1.807, 2.05) is 11.1 Å². The minimum atomic E-state index is 0.0229. The van der Waals surface area contributed by atoms with Gasteiger partial charge in [0, 0.05) is 38.1 Å². The normalized spacial score (nSPS) is 24.0. The maximum atomic E-state index is 12.5. The van der Waals surface area contributed by atoms with Gasteiger partial charge in [-0.05, 0) is 12.8 Å². The molecular formula is C17H22N4O2. The number of fused-ring (bicyclic) bond motifs is 1. The van der Waals surface area contributed by atoms with E-state index >= 15 is 0 Å². The van der Waals surface area contributed by atoms with Crippen molar-refractivity contribution in [1.82, 2.24) is 14.9 Å². The zero-order chi connectivity index (χ0) is 15.6. The number of nitrogens with zero attached hydrogens (tertiary/aromatic N) is 4. The predicted molar refractivity (Wildman–Crippen MR) is 85.8 cm³/mol. The maximum Gasteiger partial charge on any atom is 0.226 e. The Morgan fingerprint density at radius 1 is 1.22 bits per heavy atom. The minimum absolute atomic E-state index is 0.0229. The van der Waals surface area contributed by atoms with E-state index in [1.54, 1.807) is 6.33 Å². The molecule has 1 aromatic heterocycles. The number of aromatic nitrogens is 2. The van der Waals surface area contributed by atoms with Crippen LogP contribution in [-0.4, -0.2) is 52.7 Å². The highest BCUT2D eigenvalue weighted by atomic mass is 16.5. The first-order chi connectivity index (χ1) is 11.3. The lowest BCUT2D eigenvalue weighted by molar-refractivity contribution is -0.134. The van der Waals surface area contributed by atoms with Crippen LogP contribution in [-0.2, 0) is 11.2 Å². The van der Waals surface area contributed by atoms with Crippen LogP contribution in [0.2, 0.25) is 0 Å². The summed E-state index contributed by atoms with van der Waals surface area (Å²) in [5, 5.41) is 0. The molecule has 1 aliphatic carbocycles. The average Bonchev–Trinajstić information content (AvgIpc) is 3.27. The van der Waals surface area contributed by atoms with Crippen LogP contribution in [0.4, 0.5) is 0 Å². The third kappa shape index (κ3) is 2.94. The van der Waals surface area contributed by atoms with E-state index in [-0.39, 0.29) is 12.0 Å². The summed E-state index contributed by atoms with van der Waals surface area (Å²) in [6, 6.07) is 0. The molecule has 1 atom stereocenters. The average molecular weight is 314 g/mol. The molecule has 3 aliphatic rings. The summed E-state index contributed by atoms with van der Waals surface area (Å²) < 4.78 is 6.08. The molecule has 23 heavy (non-hydrogen) atoms. The number of aliphatic imine (C=N–C) groups is 1. The quantitative estimate of drug-likeness (QED) is 0.850. The van der Waals surface area contributed by atoms with Crippen molar-refractivity contribution in [3.05, 3.63) is 17.6 Å². The molecule has 2 aliphatic heterocycles. The van der Waals surface area contributed by atoms with Crippen molar-refractivity contribution in [2.75, 3.05) is 19.6 Å². The molecule has 1 aromatic rings. The molecule has 6 nitrogen and oxygen atoms in total. The lowest BCUT2D eigenvalue weighted by Gasteiger charge is -2.21. The van der Waals surface area contributed by atoms with E-state index in [2.05, 4.69) is 15.0 Å². The minimum Gasteiger partial charge on any atom is -0.472 e. The first-order valence-corrected chi connectivity index (χ1v) is 8.60. The van der Waals surface area contributed by atoms with E-state index in [9.17, 15) is 4.79 Å². The molecule has 0 N–H and O–H groups in total. The summed E-state index contributed by atoms with van der Waals surface area (Å²) in [5.41, 5.74) is 1.90. The van der Waals surface area contributed by atoms with Gasteiger partial charge in [0.2, 0.25) is 11.8 Å². The zero-order valence-electron chi connectivity index (χ0n) is 13.3. The number of likely N-dealkylation sites (tertiary alicyclic amines) is 1. The second-order valence-electron chi connectivity index (χ2n) is 6.62. The number of ether oxygens (including phenoxy) is 1. The standard InChI is InChI=1S/C17H22N4O2/c22-17(12-3-1-2-4-12)21-8-6-13(10-21)23-16-14-9-18-7-5-15(14)19-11-20-16/h9,11-13H,1-8,10H2. The van der Waals surface area contributed by atoms with Gasteiger partial charge in [0.15, 0.2) is 0 Å². The second-order valence-corrected chi connectivity index (χ2v) is 6.62.